The number of hydrogen-bond donors (Lipinski definition) is 0. The first-order chi connectivity index (χ1) is 16.0. The van der Waals surface area contributed by atoms with E-state index in [1.165, 1.54) is 34.2 Å². The highest BCUT2D eigenvalue weighted by molar-refractivity contribution is 14.1. The summed E-state index contributed by atoms with van der Waals surface area (Å²) in [5, 5.41) is 8.11. The number of carbonyl (C=O) groups excluding carboxylic acids is 1. The molecule has 6 nitrogen and oxygen atoms in total. The Morgan fingerprint density at radius 3 is 2.55 bits per heavy atom. The van der Waals surface area contributed by atoms with Crippen molar-refractivity contribution in [3.05, 3.63) is 70.3 Å². The van der Waals surface area contributed by atoms with Crippen molar-refractivity contribution < 1.29 is 14.5 Å². The van der Waals surface area contributed by atoms with Crippen LogP contribution in [0.15, 0.2) is 52.8 Å². The van der Waals surface area contributed by atoms with E-state index in [-0.39, 0.29) is 18.2 Å². The fourth-order valence-corrected chi connectivity index (χ4v) is 3.72. The molecule has 0 heterocycles. The van der Waals surface area contributed by atoms with Gasteiger partial charge in [-0.2, -0.15) is 0 Å². The number of amides is 1. The van der Waals surface area contributed by atoms with Crippen molar-refractivity contribution in [1.82, 2.24) is 3.11 Å². The summed E-state index contributed by atoms with van der Waals surface area (Å²) in [7, 11) is 3.07. The van der Waals surface area contributed by atoms with Gasteiger partial charge in [0.25, 0.3) is 5.91 Å². The molecule has 172 valence electrons. The second kappa shape index (κ2) is 11.8. The van der Waals surface area contributed by atoms with Crippen molar-refractivity contribution >= 4 is 40.2 Å². The third kappa shape index (κ3) is 6.57. The number of aryl methyl sites for hydroxylation is 1. The van der Waals surface area contributed by atoms with E-state index < -0.39 is 0 Å². The Bertz CT molecular complexity index is 1130. The van der Waals surface area contributed by atoms with Gasteiger partial charge in [0.2, 0.25) is 0 Å². The number of halogens is 1. The molecule has 0 spiro atoms. The number of rotatable bonds is 8. The maximum atomic E-state index is 12.5. The van der Waals surface area contributed by atoms with Gasteiger partial charge in [0.05, 0.1) is 22.9 Å². The molecule has 1 aliphatic rings. The van der Waals surface area contributed by atoms with Crippen LogP contribution in [-0.4, -0.2) is 34.6 Å². The normalized spacial score (nSPS) is 13.7. The van der Waals surface area contributed by atoms with Gasteiger partial charge in [0, 0.05) is 23.7 Å². The minimum atomic E-state index is -0.267. The average molecular weight is 557 g/mol. The van der Waals surface area contributed by atoms with Crippen molar-refractivity contribution in [1.29, 1.82) is 0 Å². The summed E-state index contributed by atoms with van der Waals surface area (Å²) in [6.07, 6.45) is 3.42. The quantitative estimate of drug-likeness (QED) is 0.147. The molecule has 1 saturated carbocycles. The Morgan fingerprint density at radius 2 is 1.88 bits per heavy atom. The van der Waals surface area contributed by atoms with E-state index in [4.69, 9.17) is 9.68 Å². The molecule has 0 bridgehead atoms. The molecule has 0 atom stereocenters. The lowest BCUT2D eigenvalue weighted by Crippen LogP contribution is -2.27. The van der Waals surface area contributed by atoms with Crippen molar-refractivity contribution in [2.24, 2.45) is 10.3 Å². The molecule has 1 fully saturated rings. The first-order valence-corrected chi connectivity index (χ1v) is 11.9. The standard InChI is InChI=1S/C26H28IN3O3/c1-5-19-10-8-12-22(20-14-15-20)23(19)16-13-18(2)28-33-17-21-9-6-7-11-24(21)25(29-32-4)26(31)30(3)27/h6-12,20H,5,14-15,17H2,1-4H3/b28-18+,29-25+. The predicted octanol–water partition coefficient (Wildman–Crippen LogP) is 5.23. The van der Waals surface area contributed by atoms with Crippen LogP contribution in [0.2, 0.25) is 0 Å². The first-order valence-electron chi connectivity index (χ1n) is 10.9. The van der Waals surface area contributed by atoms with Crippen molar-refractivity contribution in [2.75, 3.05) is 14.2 Å². The molecule has 3 rings (SSSR count). The zero-order valence-electron chi connectivity index (χ0n) is 19.4. The molecular formula is C26H28IN3O3. The smallest absolute Gasteiger partial charge is 0.284 e. The lowest BCUT2D eigenvalue weighted by Gasteiger charge is -2.13. The third-order valence-corrected chi connectivity index (χ3v) is 5.75. The Morgan fingerprint density at radius 1 is 1.15 bits per heavy atom. The van der Waals surface area contributed by atoms with Crippen LogP contribution >= 0.6 is 22.9 Å². The van der Waals surface area contributed by atoms with Crippen molar-refractivity contribution in [2.45, 2.75) is 45.6 Å². The summed E-state index contributed by atoms with van der Waals surface area (Å²) in [5.41, 5.74) is 5.95. The van der Waals surface area contributed by atoms with E-state index in [1.54, 1.807) is 7.05 Å². The molecule has 1 aliphatic carbocycles. The Balaban J connectivity index is 1.77. The lowest BCUT2D eigenvalue weighted by atomic mass is 9.96. The van der Waals surface area contributed by atoms with Crippen molar-refractivity contribution in [3.63, 3.8) is 0 Å². The Kier molecular flexibility index (Phi) is 8.89. The van der Waals surface area contributed by atoms with Crippen molar-refractivity contribution in [3.8, 4) is 11.8 Å². The molecule has 0 aliphatic heterocycles. The largest absolute Gasteiger partial charge is 0.398 e. The summed E-state index contributed by atoms with van der Waals surface area (Å²) < 4.78 is 1.43. The second-order valence-corrected chi connectivity index (χ2v) is 9.22. The zero-order chi connectivity index (χ0) is 23.8. The van der Waals surface area contributed by atoms with Gasteiger partial charge < -0.3 is 9.68 Å². The Labute approximate surface area is 209 Å². The molecule has 33 heavy (non-hydrogen) atoms. The highest BCUT2D eigenvalue weighted by atomic mass is 127. The number of hydrogen-bond acceptors (Lipinski definition) is 5. The number of likely N-dealkylation sites (N-methyl/N-ethyl adjacent to an activating group) is 1. The monoisotopic (exact) mass is 557 g/mol. The lowest BCUT2D eigenvalue weighted by molar-refractivity contribution is -0.117. The third-order valence-electron chi connectivity index (χ3n) is 5.31. The highest BCUT2D eigenvalue weighted by Gasteiger charge is 2.26. The van der Waals surface area contributed by atoms with Gasteiger partial charge in [-0.15, -0.1) is 0 Å². The van der Waals surface area contributed by atoms with Gasteiger partial charge in [0.15, 0.2) is 5.71 Å². The number of oxime groups is 2. The zero-order valence-corrected chi connectivity index (χ0v) is 21.5. The van der Waals surface area contributed by atoms with Crippen LogP contribution in [0.4, 0.5) is 0 Å². The minimum Gasteiger partial charge on any atom is -0.398 e. The first kappa shape index (κ1) is 24.8. The van der Waals surface area contributed by atoms with Gasteiger partial charge in [-0.05, 0) is 49.2 Å². The molecule has 2 aromatic carbocycles. The van der Waals surface area contributed by atoms with Crippen LogP contribution in [0, 0.1) is 11.8 Å². The van der Waals surface area contributed by atoms with E-state index in [1.807, 2.05) is 54.1 Å². The fourth-order valence-electron chi connectivity index (χ4n) is 3.49. The van der Waals surface area contributed by atoms with Gasteiger partial charge in [-0.25, -0.2) is 0 Å². The summed E-state index contributed by atoms with van der Waals surface area (Å²) in [6, 6.07) is 13.9. The summed E-state index contributed by atoms with van der Waals surface area (Å²) >= 11 is 1.91. The molecule has 0 unspecified atom stereocenters. The average Bonchev–Trinajstić information content (AvgIpc) is 3.66. The maximum Gasteiger partial charge on any atom is 0.284 e. The van der Waals surface area contributed by atoms with Crippen LogP contribution in [0.1, 0.15) is 60.4 Å². The molecular weight excluding hydrogens is 529 g/mol. The summed E-state index contributed by atoms with van der Waals surface area (Å²) in [6.45, 7) is 4.16. The van der Waals surface area contributed by atoms with Crippen LogP contribution < -0.4 is 0 Å². The fraction of sp³-hybridized carbons (Fsp3) is 0.346. The molecule has 1 amide bonds. The number of benzene rings is 2. The van der Waals surface area contributed by atoms with Crippen LogP contribution in [0.3, 0.4) is 0 Å². The molecule has 2 aromatic rings. The van der Waals surface area contributed by atoms with Gasteiger partial charge in [-0.3, -0.25) is 7.91 Å². The molecule has 0 radical (unpaired) electrons. The number of nitrogens with zero attached hydrogens (tertiary/aromatic N) is 3. The van der Waals surface area contributed by atoms with E-state index in [0.717, 1.165) is 17.5 Å². The SMILES string of the molecule is CCc1cccc(C2CC2)c1C#C/C(C)=N/OCc1ccccc1/C(=N\OC)C(=O)N(C)I. The molecule has 0 aromatic heterocycles. The second-order valence-electron chi connectivity index (χ2n) is 7.77. The van der Waals surface area contributed by atoms with Crippen LogP contribution in [-0.2, 0) is 27.5 Å². The van der Waals surface area contributed by atoms with Crippen LogP contribution in [0.5, 0.6) is 0 Å². The number of carbonyl (C=O) groups is 1. The topological polar surface area (TPSA) is 63.5 Å². The molecule has 0 N–H and O–H groups in total. The van der Waals surface area contributed by atoms with Gasteiger partial charge in [-0.1, -0.05) is 65.6 Å². The van der Waals surface area contributed by atoms with E-state index in [0.29, 0.717) is 17.2 Å². The van der Waals surface area contributed by atoms with Gasteiger partial charge in [0.1, 0.15) is 19.4 Å². The molecule has 7 heteroatoms. The summed E-state index contributed by atoms with van der Waals surface area (Å²) in [5.74, 6) is 6.84. The molecule has 0 saturated heterocycles. The van der Waals surface area contributed by atoms with Gasteiger partial charge >= 0.3 is 0 Å². The minimum absolute atomic E-state index is 0.176. The van der Waals surface area contributed by atoms with E-state index in [2.05, 4.69) is 47.3 Å². The van der Waals surface area contributed by atoms with E-state index in [9.17, 15) is 4.79 Å². The predicted molar refractivity (Wildman–Crippen MR) is 139 cm³/mol. The summed E-state index contributed by atoms with van der Waals surface area (Å²) in [4.78, 5) is 23.0. The van der Waals surface area contributed by atoms with E-state index >= 15 is 0 Å². The Hall–Kier alpha value is -2.86. The maximum absolute atomic E-state index is 12.5. The highest BCUT2D eigenvalue weighted by Crippen LogP contribution is 2.42. The van der Waals surface area contributed by atoms with Crippen LogP contribution in [0.25, 0.3) is 0 Å².